The summed E-state index contributed by atoms with van der Waals surface area (Å²) in [5.41, 5.74) is 10.6. The average molecular weight is 570 g/mol. The molecule has 1 saturated heterocycles. The maximum atomic E-state index is 12.3. The van der Waals surface area contributed by atoms with Crippen molar-refractivity contribution >= 4 is 46.8 Å². The predicted octanol–water partition coefficient (Wildman–Crippen LogP) is 5.40. The fourth-order valence-electron chi connectivity index (χ4n) is 5.04. The second-order valence-electron chi connectivity index (χ2n) is 10.1. The molecule has 4 rings (SSSR count). The minimum Gasteiger partial charge on any atom is -0.368 e. The number of hydrogen-bond donors (Lipinski definition) is 2. The first-order valence-electron chi connectivity index (χ1n) is 13.2. The van der Waals surface area contributed by atoms with Crippen LogP contribution in [0.2, 0.25) is 5.02 Å². The van der Waals surface area contributed by atoms with Gasteiger partial charge in [-0.25, -0.2) is 9.97 Å². The zero-order valence-corrected chi connectivity index (χ0v) is 24.0. The van der Waals surface area contributed by atoms with Gasteiger partial charge in [-0.15, -0.1) is 0 Å². The van der Waals surface area contributed by atoms with Gasteiger partial charge in [0.25, 0.3) is 0 Å². The van der Waals surface area contributed by atoms with E-state index in [0.717, 1.165) is 11.3 Å². The van der Waals surface area contributed by atoms with Gasteiger partial charge in [0.05, 0.1) is 5.70 Å². The predicted molar refractivity (Wildman–Crippen MR) is 162 cm³/mol. The Morgan fingerprint density at radius 3 is 2.54 bits per heavy atom. The molecule has 2 heterocycles. The van der Waals surface area contributed by atoms with E-state index in [9.17, 15) is 14.9 Å². The van der Waals surface area contributed by atoms with Crippen LogP contribution in [-0.2, 0) is 9.59 Å². The van der Waals surface area contributed by atoms with Crippen LogP contribution in [0.4, 0.5) is 17.3 Å². The van der Waals surface area contributed by atoms with Crippen LogP contribution >= 0.6 is 11.6 Å². The molecule has 9 nitrogen and oxygen atoms in total. The Balaban J connectivity index is 1.93. The molecule has 0 spiro atoms. The lowest BCUT2D eigenvalue weighted by molar-refractivity contribution is -0.128. The van der Waals surface area contributed by atoms with E-state index in [-0.39, 0.29) is 29.4 Å². The SMILES string of the molecule is C=CC(=O)N1CCN(/C(=C(\C#N)C=O)c2cc(Cl)c(-c3cnc(N)nc3)cc2Nc2ccccc2C(C)C)[C@@H](C)C1. The molecular weight excluding hydrogens is 538 g/mol. The maximum Gasteiger partial charge on any atom is 0.246 e. The summed E-state index contributed by atoms with van der Waals surface area (Å²) in [6.45, 7) is 11.0. The zero-order chi connectivity index (χ0) is 29.7. The summed E-state index contributed by atoms with van der Waals surface area (Å²) in [6, 6.07) is 13.4. The van der Waals surface area contributed by atoms with Gasteiger partial charge < -0.3 is 20.9 Å². The highest BCUT2D eigenvalue weighted by atomic mass is 35.5. The number of nitrogen functional groups attached to an aromatic ring is 1. The number of hydrogen-bond acceptors (Lipinski definition) is 8. The second kappa shape index (κ2) is 12.7. The number of benzene rings is 2. The molecule has 0 radical (unpaired) electrons. The number of para-hydroxylation sites is 1. The normalized spacial score (nSPS) is 15.7. The molecule has 1 fully saturated rings. The third-order valence-corrected chi connectivity index (χ3v) is 7.40. The Morgan fingerprint density at radius 1 is 1.22 bits per heavy atom. The summed E-state index contributed by atoms with van der Waals surface area (Å²) < 4.78 is 0. The molecule has 0 bridgehead atoms. The number of nitrogens with one attached hydrogen (secondary N) is 1. The fraction of sp³-hybridized carbons (Fsp3) is 0.258. The number of nitrogens with zero attached hydrogens (tertiary/aromatic N) is 5. The Bertz CT molecular complexity index is 1540. The second-order valence-corrected chi connectivity index (χ2v) is 10.5. The first-order valence-corrected chi connectivity index (χ1v) is 13.6. The van der Waals surface area contributed by atoms with Crippen LogP contribution in [0, 0.1) is 11.3 Å². The fourth-order valence-corrected chi connectivity index (χ4v) is 5.31. The van der Waals surface area contributed by atoms with Crippen LogP contribution in [0.5, 0.6) is 0 Å². The number of halogens is 1. The van der Waals surface area contributed by atoms with E-state index in [0.29, 0.717) is 59.0 Å². The molecule has 10 heteroatoms. The van der Waals surface area contributed by atoms with Crippen molar-refractivity contribution in [3.63, 3.8) is 0 Å². The minimum absolute atomic E-state index is 0.0415. The Hall–Kier alpha value is -4.68. The van der Waals surface area contributed by atoms with E-state index in [2.05, 4.69) is 47.8 Å². The molecule has 1 aromatic heterocycles. The number of allylic oxidation sites excluding steroid dienone is 1. The molecular formula is C31H32ClN7O2. The van der Waals surface area contributed by atoms with Crippen molar-refractivity contribution in [2.75, 3.05) is 30.7 Å². The monoisotopic (exact) mass is 569 g/mol. The van der Waals surface area contributed by atoms with Gasteiger partial charge in [-0.1, -0.05) is 50.2 Å². The number of carbonyl (C=O) groups excluding carboxylic acids is 2. The molecule has 3 N–H and O–H groups in total. The Kier molecular flexibility index (Phi) is 9.05. The number of nitrogens with two attached hydrogens (primary N) is 1. The molecule has 0 aliphatic carbocycles. The minimum atomic E-state index is -0.203. The highest BCUT2D eigenvalue weighted by molar-refractivity contribution is 6.33. The third-order valence-electron chi connectivity index (χ3n) is 7.09. The summed E-state index contributed by atoms with van der Waals surface area (Å²) in [6.07, 6.45) is 5.04. The van der Waals surface area contributed by atoms with Gasteiger partial charge in [0.1, 0.15) is 11.6 Å². The number of anilines is 3. The lowest BCUT2D eigenvalue weighted by Crippen LogP contribution is -2.52. The first-order chi connectivity index (χ1) is 19.7. The van der Waals surface area contributed by atoms with E-state index >= 15 is 0 Å². The number of aldehydes is 1. The highest BCUT2D eigenvalue weighted by Crippen LogP contribution is 2.41. The van der Waals surface area contributed by atoms with Crippen molar-refractivity contribution in [3.8, 4) is 17.2 Å². The van der Waals surface area contributed by atoms with Crippen molar-refractivity contribution < 1.29 is 9.59 Å². The summed E-state index contributed by atoms with van der Waals surface area (Å²) in [5, 5.41) is 14.0. The van der Waals surface area contributed by atoms with Crippen LogP contribution < -0.4 is 11.1 Å². The van der Waals surface area contributed by atoms with Crippen molar-refractivity contribution in [1.82, 2.24) is 19.8 Å². The van der Waals surface area contributed by atoms with E-state index in [1.165, 1.54) is 6.08 Å². The topological polar surface area (TPSA) is 128 Å². The van der Waals surface area contributed by atoms with Crippen molar-refractivity contribution in [2.24, 2.45) is 0 Å². The highest BCUT2D eigenvalue weighted by Gasteiger charge is 2.31. The van der Waals surface area contributed by atoms with Gasteiger partial charge in [-0.3, -0.25) is 9.59 Å². The van der Waals surface area contributed by atoms with Gasteiger partial charge >= 0.3 is 0 Å². The molecule has 3 aromatic rings. The summed E-state index contributed by atoms with van der Waals surface area (Å²) >= 11 is 6.86. The standard InChI is InChI=1S/C31H32ClN7O2/c1-5-29(41)38-10-11-39(20(4)17-38)30(21(14-33)18-40)25-12-26(32)24(22-15-35-31(34)36-16-22)13-28(25)37-27-9-7-6-8-23(27)19(2)3/h5-9,12-13,15-16,18-20,37H,1,10-11,17H2,2-4H3,(H2,34,35,36)/b30-21+/t20-/m0/s1. The van der Waals surface area contributed by atoms with Gasteiger partial charge in [0.2, 0.25) is 11.9 Å². The molecule has 1 amide bonds. The molecule has 0 unspecified atom stereocenters. The van der Waals surface area contributed by atoms with E-state index < -0.39 is 0 Å². The largest absolute Gasteiger partial charge is 0.368 e. The van der Waals surface area contributed by atoms with E-state index in [1.54, 1.807) is 23.4 Å². The molecule has 2 aromatic carbocycles. The van der Waals surface area contributed by atoms with Gasteiger partial charge in [0, 0.05) is 71.2 Å². The number of carbonyl (C=O) groups is 2. The lowest BCUT2D eigenvalue weighted by atomic mass is 9.96. The molecule has 1 aliphatic heterocycles. The molecule has 210 valence electrons. The average Bonchev–Trinajstić information content (AvgIpc) is 2.97. The number of piperazine rings is 1. The molecule has 1 aliphatic rings. The molecule has 41 heavy (non-hydrogen) atoms. The van der Waals surface area contributed by atoms with Gasteiger partial charge in [-0.2, -0.15) is 5.26 Å². The van der Waals surface area contributed by atoms with Crippen molar-refractivity contribution in [1.29, 1.82) is 5.26 Å². The number of amides is 1. The van der Waals surface area contributed by atoms with Gasteiger partial charge in [0.15, 0.2) is 6.29 Å². The molecule has 0 saturated carbocycles. The van der Waals surface area contributed by atoms with Crippen LogP contribution in [0.1, 0.15) is 37.8 Å². The Morgan fingerprint density at radius 2 is 1.93 bits per heavy atom. The molecule has 1 atom stereocenters. The summed E-state index contributed by atoms with van der Waals surface area (Å²) in [4.78, 5) is 36.5. The first kappa shape index (κ1) is 29.3. The zero-order valence-electron chi connectivity index (χ0n) is 23.3. The van der Waals surface area contributed by atoms with Crippen LogP contribution in [0.25, 0.3) is 16.8 Å². The Labute approximate surface area is 245 Å². The number of aromatic nitrogens is 2. The van der Waals surface area contributed by atoms with Crippen LogP contribution in [-0.4, -0.2) is 57.6 Å². The maximum absolute atomic E-state index is 12.3. The number of rotatable bonds is 8. The summed E-state index contributed by atoms with van der Waals surface area (Å²) in [5.74, 6) is 0.210. The van der Waals surface area contributed by atoms with Crippen LogP contribution in [0.15, 0.2) is 67.0 Å². The van der Waals surface area contributed by atoms with Crippen LogP contribution in [0.3, 0.4) is 0 Å². The lowest BCUT2D eigenvalue weighted by Gasteiger charge is -2.42. The van der Waals surface area contributed by atoms with Crippen molar-refractivity contribution in [3.05, 3.63) is 83.2 Å². The van der Waals surface area contributed by atoms with E-state index in [1.807, 2.05) is 36.1 Å². The van der Waals surface area contributed by atoms with Crippen molar-refractivity contribution in [2.45, 2.75) is 32.7 Å². The summed E-state index contributed by atoms with van der Waals surface area (Å²) in [7, 11) is 0. The van der Waals surface area contributed by atoms with E-state index in [4.69, 9.17) is 17.3 Å². The third kappa shape index (κ3) is 6.23. The smallest absolute Gasteiger partial charge is 0.246 e. The quantitative estimate of drug-likeness (QED) is 0.210. The van der Waals surface area contributed by atoms with Gasteiger partial charge in [-0.05, 0) is 42.7 Å². The number of nitriles is 1.